The molecule has 0 spiro atoms. The quantitative estimate of drug-likeness (QED) is 0.776. The van der Waals surface area contributed by atoms with Crippen LogP contribution in [0.1, 0.15) is 27.1 Å². The SMILES string of the molecule is COc1cc(OC)c2c(c1O)C(=O)C1CC(O)(OC)OCC1C2=O. The number of ether oxygens (including phenoxy) is 4. The fourth-order valence-corrected chi connectivity index (χ4v) is 3.29. The number of Topliss-reactive ketones (excluding diaryl/α,β-unsaturated/α-hetero) is 2. The van der Waals surface area contributed by atoms with E-state index in [1.54, 1.807) is 0 Å². The van der Waals surface area contributed by atoms with E-state index in [0.717, 1.165) is 0 Å². The van der Waals surface area contributed by atoms with Crippen molar-refractivity contribution >= 4 is 11.6 Å². The Bertz CT molecular complexity index is 713. The van der Waals surface area contributed by atoms with Crippen LogP contribution in [0, 0.1) is 11.8 Å². The van der Waals surface area contributed by atoms with Crippen LogP contribution in [0.4, 0.5) is 0 Å². The van der Waals surface area contributed by atoms with Crippen molar-refractivity contribution in [3.05, 3.63) is 17.2 Å². The second kappa shape index (κ2) is 5.73. The zero-order chi connectivity index (χ0) is 17.6. The Labute approximate surface area is 137 Å². The number of aromatic hydroxyl groups is 1. The van der Waals surface area contributed by atoms with Crippen LogP contribution < -0.4 is 9.47 Å². The number of hydrogen-bond donors (Lipinski definition) is 2. The Morgan fingerprint density at radius 2 is 1.71 bits per heavy atom. The fraction of sp³-hybridized carbons (Fsp3) is 0.500. The highest BCUT2D eigenvalue weighted by Crippen LogP contribution is 2.48. The molecule has 1 aromatic carbocycles. The lowest BCUT2D eigenvalue weighted by Gasteiger charge is -2.41. The van der Waals surface area contributed by atoms with Crippen LogP contribution >= 0.6 is 0 Å². The van der Waals surface area contributed by atoms with Crippen molar-refractivity contribution in [1.29, 1.82) is 0 Å². The summed E-state index contributed by atoms with van der Waals surface area (Å²) < 4.78 is 20.3. The molecule has 3 unspecified atom stereocenters. The van der Waals surface area contributed by atoms with E-state index in [-0.39, 0.29) is 41.4 Å². The highest BCUT2D eigenvalue weighted by Gasteiger charge is 2.52. The number of benzene rings is 1. The number of phenolic OH excluding ortho intramolecular Hbond substituents is 1. The first-order valence-corrected chi connectivity index (χ1v) is 7.34. The zero-order valence-electron chi connectivity index (χ0n) is 13.5. The molecule has 2 aliphatic rings. The minimum absolute atomic E-state index is 0.00788. The third kappa shape index (κ3) is 2.26. The van der Waals surface area contributed by atoms with Crippen molar-refractivity contribution in [1.82, 2.24) is 0 Å². The monoisotopic (exact) mass is 338 g/mol. The van der Waals surface area contributed by atoms with Gasteiger partial charge in [0.25, 0.3) is 5.97 Å². The molecule has 24 heavy (non-hydrogen) atoms. The van der Waals surface area contributed by atoms with Gasteiger partial charge in [-0.05, 0) is 0 Å². The number of fused-ring (bicyclic) bond motifs is 2. The maximum Gasteiger partial charge on any atom is 0.280 e. The largest absolute Gasteiger partial charge is 0.504 e. The number of ketones is 2. The lowest BCUT2D eigenvalue weighted by molar-refractivity contribution is -0.372. The van der Waals surface area contributed by atoms with E-state index in [2.05, 4.69) is 0 Å². The molecule has 0 amide bonds. The normalized spacial score (nSPS) is 29.0. The van der Waals surface area contributed by atoms with Crippen LogP contribution in [0.15, 0.2) is 6.07 Å². The van der Waals surface area contributed by atoms with Gasteiger partial charge in [-0.1, -0.05) is 0 Å². The molecule has 0 aromatic heterocycles. The van der Waals surface area contributed by atoms with Crippen molar-refractivity contribution in [2.45, 2.75) is 12.4 Å². The van der Waals surface area contributed by atoms with Crippen molar-refractivity contribution < 1.29 is 38.7 Å². The maximum absolute atomic E-state index is 12.9. The zero-order valence-corrected chi connectivity index (χ0v) is 13.5. The van der Waals surface area contributed by atoms with E-state index in [0.29, 0.717) is 0 Å². The van der Waals surface area contributed by atoms with Crippen molar-refractivity contribution in [3.63, 3.8) is 0 Å². The molecule has 1 aliphatic carbocycles. The van der Waals surface area contributed by atoms with Gasteiger partial charge in [0.1, 0.15) is 5.75 Å². The molecule has 8 heteroatoms. The molecule has 3 rings (SSSR count). The highest BCUT2D eigenvalue weighted by atomic mass is 16.8. The summed E-state index contributed by atoms with van der Waals surface area (Å²) in [6.45, 7) is -0.172. The summed E-state index contributed by atoms with van der Waals surface area (Å²) in [5.41, 5.74) is -0.147. The molecular weight excluding hydrogens is 320 g/mol. The average molecular weight is 338 g/mol. The molecule has 1 saturated heterocycles. The first kappa shape index (κ1) is 16.7. The van der Waals surface area contributed by atoms with Crippen LogP contribution in [0.5, 0.6) is 17.2 Å². The highest BCUT2D eigenvalue weighted by molar-refractivity contribution is 6.19. The van der Waals surface area contributed by atoms with E-state index < -0.39 is 29.3 Å². The third-order valence-electron chi connectivity index (χ3n) is 4.61. The number of carbonyl (C=O) groups is 2. The Morgan fingerprint density at radius 3 is 2.29 bits per heavy atom. The Hall–Kier alpha value is -2.16. The van der Waals surface area contributed by atoms with Crippen LogP contribution in [-0.4, -0.2) is 55.7 Å². The molecule has 8 nitrogen and oxygen atoms in total. The minimum atomic E-state index is -1.94. The number of phenols is 1. The summed E-state index contributed by atoms with van der Waals surface area (Å²) in [5, 5.41) is 20.5. The number of hydrogen-bond acceptors (Lipinski definition) is 8. The molecule has 130 valence electrons. The molecule has 3 atom stereocenters. The van der Waals surface area contributed by atoms with E-state index in [1.165, 1.54) is 27.4 Å². The fourth-order valence-electron chi connectivity index (χ4n) is 3.29. The minimum Gasteiger partial charge on any atom is -0.504 e. The molecule has 1 fully saturated rings. The Kier molecular flexibility index (Phi) is 3.98. The Balaban J connectivity index is 2.17. The van der Waals surface area contributed by atoms with Gasteiger partial charge in [0.05, 0.1) is 37.9 Å². The van der Waals surface area contributed by atoms with Crippen LogP contribution in [0.25, 0.3) is 0 Å². The van der Waals surface area contributed by atoms with Gasteiger partial charge in [-0.2, -0.15) is 0 Å². The second-order valence-electron chi connectivity index (χ2n) is 5.75. The smallest absolute Gasteiger partial charge is 0.280 e. The second-order valence-corrected chi connectivity index (χ2v) is 5.75. The third-order valence-corrected chi connectivity index (χ3v) is 4.61. The molecule has 1 aliphatic heterocycles. The average Bonchev–Trinajstić information content (AvgIpc) is 2.59. The van der Waals surface area contributed by atoms with Crippen LogP contribution in [0.3, 0.4) is 0 Å². The number of carbonyl (C=O) groups excluding carboxylic acids is 2. The number of rotatable bonds is 3. The molecule has 1 aromatic rings. The first-order valence-electron chi connectivity index (χ1n) is 7.34. The van der Waals surface area contributed by atoms with Gasteiger partial charge >= 0.3 is 0 Å². The summed E-state index contributed by atoms with van der Waals surface area (Å²) in [6, 6.07) is 1.36. The summed E-state index contributed by atoms with van der Waals surface area (Å²) in [4.78, 5) is 25.8. The predicted octanol–water partition coefficient (Wildman–Crippen LogP) is 0.734. The molecule has 0 saturated carbocycles. The first-order chi connectivity index (χ1) is 11.4. The van der Waals surface area contributed by atoms with E-state index in [9.17, 15) is 19.8 Å². The van der Waals surface area contributed by atoms with Crippen molar-refractivity contribution in [2.24, 2.45) is 11.8 Å². The molecular formula is C16H18O8. The molecule has 0 radical (unpaired) electrons. The predicted molar refractivity (Wildman–Crippen MR) is 79.4 cm³/mol. The summed E-state index contributed by atoms with van der Waals surface area (Å²) in [6.07, 6.45) is -0.211. The van der Waals surface area contributed by atoms with Gasteiger partial charge in [0, 0.05) is 25.5 Å². The number of aliphatic hydroxyl groups is 1. The van der Waals surface area contributed by atoms with Gasteiger partial charge in [-0.15, -0.1) is 0 Å². The van der Waals surface area contributed by atoms with Gasteiger partial charge in [-0.25, -0.2) is 0 Å². The van der Waals surface area contributed by atoms with Gasteiger partial charge in [0.15, 0.2) is 23.1 Å². The molecule has 1 heterocycles. The lowest BCUT2D eigenvalue weighted by Crippen LogP contribution is -2.52. The number of methoxy groups -OCH3 is 3. The van der Waals surface area contributed by atoms with E-state index in [4.69, 9.17) is 18.9 Å². The molecule has 2 N–H and O–H groups in total. The van der Waals surface area contributed by atoms with Crippen LogP contribution in [-0.2, 0) is 9.47 Å². The summed E-state index contributed by atoms with van der Waals surface area (Å²) in [7, 11) is 3.93. The summed E-state index contributed by atoms with van der Waals surface area (Å²) >= 11 is 0. The topological polar surface area (TPSA) is 112 Å². The van der Waals surface area contributed by atoms with Crippen molar-refractivity contribution in [3.8, 4) is 17.2 Å². The lowest BCUT2D eigenvalue weighted by atomic mass is 9.71. The van der Waals surface area contributed by atoms with Gasteiger partial charge in [0.2, 0.25) is 0 Å². The van der Waals surface area contributed by atoms with E-state index in [1.807, 2.05) is 0 Å². The maximum atomic E-state index is 12.9. The molecule has 0 bridgehead atoms. The van der Waals surface area contributed by atoms with Gasteiger partial charge < -0.3 is 29.2 Å². The van der Waals surface area contributed by atoms with Gasteiger partial charge in [-0.3, -0.25) is 9.59 Å². The summed E-state index contributed by atoms with van der Waals surface area (Å²) in [5.74, 6) is -4.70. The standard InChI is InChI=1S/C16H18O8/c1-21-9-4-10(22-2)15(19)12-11(9)14(18)8-6-24-16(20,23-3)5-7(8)13(12)17/h4,7-8,19-20H,5-6H2,1-3H3. The van der Waals surface area contributed by atoms with Crippen LogP contribution in [0.2, 0.25) is 0 Å². The Morgan fingerprint density at radius 1 is 1.08 bits per heavy atom. The van der Waals surface area contributed by atoms with E-state index >= 15 is 0 Å². The van der Waals surface area contributed by atoms with Crippen molar-refractivity contribution in [2.75, 3.05) is 27.9 Å².